The van der Waals surface area contributed by atoms with Crippen molar-refractivity contribution in [2.24, 2.45) is 5.73 Å². The molecule has 0 aliphatic carbocycles. The summed E-state index contributed by atoms with van der Waals surface area (Å²) >= 11 is 0. The lowest BCUT2D eigenvalue weighted by Crippen LogP contribution is -2.33. The van der Waals surface area contributed by atoms with E-state index in [4.69, 9.17) is 5.73 Å². The van der Waals surface area contributed by atoms with Crippen molar-refractivity contribution in [2.45, 2.75) is 32.6 Å². The summed E-state index contributed by atoms with van der Waals surface area (Å²) in [4.78, 5) is 62.8. The molecule has 3 aliphatic rings. The summed E-state index contributed by atoms with van der Waals surface area (Å²) in [7, 11) is 2.11. The Kier molecular flexibility index (Phi) is 6.87. The molecule has 0 saturated heterocycles. The number of nitrogens with zero attached hydrogens (tertiary/aromatic N) is 3. The summed E-state index contributed by atoms with van der Waals surface area (Å²) < 4.78 is 0. The Morgan fingerprint density at radius 3 is 1.88 bits per heavy atom. The zero-order valence-electron chi connectivity index (χ0n) is 26.8. The largest absolute Gasteiger partial charge is 0.374 e. The maximum atomic E-state index is 13.5. The fourth-order valence-electron chi connectivity index (χ4n) is 7.62. The molecule has 3 aromatic heterocycles. The molecule has 0 spiro atoms. The number of ketones is 1. The van der Waals surface area contributed by atoms with Gasteiger partial charge in [0.2, 0.25) is 0 Å². The number of anilines is 3. The fourth-order valence-corrected chi connectivity index (χ4v) is 7.62. The van der Waals surface area contributed by atoms with Crippen LogP contribution in [0.4, 0.5) is 21.9 Å². The number of Topliss-reactive ketones (excluding diaryl/α,β-unsaturated/α-hetero) is 1. The number of amides is 3. The molecule has 3 amide bonds. The summed E-state index contributed by atoms with van der Waals surface area (Å²) in [6.45, 7) is 4.13. The number of urea groups is 1. The average Bonchev–Trinajstić information content (AvgIpc) is 3.93. The molecular formula is C37H35N7O4. The number of rotatable bonds is 4. The van der Waals surface area contributed by atoms with Crippen LogP contribution in [0.25, 0.3) is 32.7 Å². The molecule has 0 radical (unpaired) electrons. The zero-order chi connectivity index (χ0) is 33.3. The quantitative estimate of drug-likeness (QED) is 0.140. The van der Waals surface area contributed by atoms with E-state index in [9.17, 15) is 19.2 Å². The molecule has 11 heteroatoms. The van der Waals surface area contributed by atoms with Gasteiger partial charge in [-0.25, -0.2) is 4.79 Å². The minimum absolute atomic E-state index is 0.00482. The Balaban J connectivity index is 0.000000167. The van der Waals surface area contributed by atoms with E-state index < -0.39 is 6.03 Å². The predicted octanol–water partition coefficient (Wildman–Crippen LogP) is 5.86. The second-order valence-corrected chi connectivity index (χ2v) is 12.7. The number of aromatic nitrogens is 3. The molecule has 0 unspecified atom stereocenters. The third-order valence-corrected chi connectivity index (χ3v) is 10.0. The van der Waals surface area contributed by atoms with E-state index in [2.05, 4.69) is 39.0 Å². The number of nitrogens with one attached hydrogen (secondary N) is 3. The number of carbonyl (C=O) groups is 4. The van der Waals surface area contributed by atoms with Crippen molar-refractivity contribution in [3.8, 4) is 0 Å². The van der Waals surface area contributed by atoms with Crippen molar-refractivity contribution in [2.75, 3.05) is 41.4 Å². The van der Waals surface area contributed by atoms with Crippen molar-refractivity contribution in [3.63, 3.8) is 0 Å². The molecule has 6 aromatic rings. The number of aldehydes is 1. The molecule has 3 aliphatic heterocycles. The monoisotopic (exact) mass is 641 g/mol. The molecule has 0 bridgehead atoms. The van der Waals surface area contributed by atoms with E-state index in [-0.39, 0.29) is 11.7 Å². The van der Waals surface area contributed by atoms with Gasteiger partial charge in [0.15, 0.2) is 12.1 Å². The van der Waals surface area contributed by atoms with Gasteiger partial charge in [-0.1, -0.05) is 6.92 Å². The molecule has 11 nitrogen and oxygen atoms in total. The smallest absolute Gasteiger partial charge is 0.319 e. The maximum absolute atomic E-state index is 13.5. The van der Waals surface area contributed by atoms with Gasteiger partial charge in [0, 0.05) is 82.9 Å². The summed E-state index contributed by atoms with van der Waals surface area (Å²) in [5.41, 5.74) is 16.6. The van der Waals surface area contributed by atoms with Gasteiger partial charge >= 0.3 is 6.03 Å². The van der Waals surface area contributed by atoms with Crippen molar-refractivity contribution in [1.29, 1.82) is 0 Å². The number of H-pyrrole nitrogens is 3. The van der Waals surface area contributed by atoms with Gasteiger partial charge in [0.05, 0.1) is 11.4 Å². The van der Waals surface area contributed by atoms with Gasteiger partial charge in [-0.2, -0.15) is 0 Å². The van der Waals surface area contributed by atoms with Crippen LogP contribution in [0, 0.1) is 0 Å². The van der Waals surface area contributed by atoms with Crippen molar-refractivity contribution in [3.05, 3.63) is 88.4 Å². The molecule has 5 N–H and O–H groups in total. The summed E-state index contributed by atoms with van der Waals surface area (Å²) in [6.07, 6.45) is 3.82. The second-order valence-electron chi connectivity index (χ2n) is 12.7. The topological polar surface area (TPSA) is 151 Å². The second kappa shape index (κ2) is 11.2. The summed E-state index contributed by atoms with van der Waals surface area (Å²) in [5.74, 6) is 0.0990. The van der Waals surface area contributed by atoms with E-state index in [1.807, 2.05) is 54.3 Å². The van der Waals surface area contributed by atoms with Gasteiger partial charge in [-0.3, -0.25) is 19.3 Å². The Bertz CT molecular complexity index is 2330. The molecule has 0 atom stereocenters. The number of hydrogen-bond donors (Lipinski definition) is 4. The van der Waals surface area contributed by atoms with E-state index >= 15 is 0 Å². The molecule has 0 saturated carbocycles. The molecule has 0 fully saturated rings. The Morgan fingerprint density at radius 2 is 1.23 bits per heavy atom. The highest BCUT2D eigenvalue weighted by atomic mass is 16.2. The predicted molar refractivity (Wildman–Crippen MR) is 188 cm³/mol. The Hall–Kier alpha value is -5.84. The highest BCUT2D eigenvalue weighted by Gasteiger charge is 2.30. The summed E-state index contributed by atoms with van der Waals surface area (Å²) in [5, 5.41) is 3.18. The van der Waals surface area contributed by atoms with Crippen LogP contribution in [0.1, 0.15) is 61.5 Å². The van der Waals surface area contributed by atoms with Gasteiger partial charge in [0.1, 0.15) is 5.69 Å². The fraction of sp³-hybridized carbons (Fsp3) is 0.243. The Morgan fingerprint density at radius 1 is 0.708 bits per heavy atom. The maximum Gasteiger partial charge on any atom is 0.319 e. The number of hydrogen-bond acceptors (Lipinski definition) is 5. The van der Waals surface area contributed by atoms with E-state index in [1.165, 1.54) is 11.3 Å². The number of nitrogens with two attached hydrogens (primary N) is 1. The van der Waals surface area contributed by atoms with Gasteiger partial charge in [0.25, 0.3) is 5.91 Å². The molecule has 242 valence electrons. The first kappa shape index (κ1) is 29.6. The minimum atomic E-state index is -0.436. The molecule has 48 heavy (non-hydrogen) atoms. The number of primary amides is 1. The van der Waals surface area contributed by atoms with Crippen LogP contribution in [-0.2, 0) is 19.3 Å². The third-order valence-electron chi connectivity index (χ3n) is 10.0. The van der Waals surface area contributed by atoms with Crippen molar-refractivity contribution < 1.29 is 19.2 Å². The Labute approximate surface area is 275 Å². The van der Waals surface area contributed by atoms with Gasteiger partial charge < -0.3 is 30.5 Å². The number of carbonyl (C=O) groups excluding carboxylic acids is 4. The number of aromatic amines is 3. The first-order chi connectivity index (χ1) is 23.2. The lowest BCUT2D eigenvalue weighted by molar-refractivity contribution is 0.0977. The molecule has 3 aromatic carbocycles. The lowest BCUT2D eigenvalue weighted by atomic mass is 10.1. The standard InChI is InChI=1S/C25H24N4O2.C12H11N3O2/c1-3-24(30)20-12-16-15-9-11-29(23(15)7-5-18(16)26-20)25(31)21-13-17-14-8-10-28(2)22(14)6-4-19(17)27-21;13-12(17)15-4-3-8-9-5-7(6-16)14-10(9)1-2-11(8)15/h4-7,12-13,26-27H,3,8-11H2,1-2H3;1-2,5-6,14H,3-4H2,(H2,13,17). The van der Waals surface area contributed by atoms with Gasteiger partial charge in [-0.15, -0.1) is 0 Å². The first-order valence-corrected chi connectivity index (χ1v) is 16.3. The van der Waals surface area contributed by atoms with Crippen LogP contribution in [-0.4, -0.2) is 65.6 Å². The highest BCUT2D eigenvalue weighted by Crippen LogP contribution is 2.38. The molecule has 9 rings (SSSR count). The summed E-state index contributed by atoms with van der Waals surface area (Å²) in [6, 6.07) is 17.2. The lowest BCUT2D eigenvalue weighted by Gasteiger charge is -2.16. The number of fused-ring (bicyclic) bond motifs is 9. The minimum Gasteiger partial charge on any atom is -0.374 e. The van der Waals surface area contributed by atoms with Crippen LogP contribution in [0.2, 0.25) is 0 Å². The average molecular weight is 642 g/mol. The third kappa shape index (κ3) is 4.56. The number of likely N-dealkylation sites (N-methyl/N-ethyl adjacent to an activating group) is 1. The van der Waals surface area contributed by atoms with Crippen LogP contribution >= 0.6 is 0 Å². The van der Waals surface area contributed by atoms with E-state index in [0.717, 1.165) is 87.3 Å². The van der Waals surface area contributed by atoms with Crippen molar-refractivity contribution in [1.82, 2.24) is 15.0 Å². The highest BCUT2D eigenvalue weighted by molar-refractivity contribution is 6.11. The zero-order valence-corrected chi connectivity index (χ0v) is 26.8. The molecule has 6 heterocycles. The van der Waals surface area contributed by atoms with Crippen LogP contribution in [0.3, 0.4) is 0 Å². The van der Waals surface area contributed by atoms with Crippen LogP contribution in [0.15, 0.2) is 54.6 Å². The van der Waals surface area contributed by atoms with Gasteiger partial charge in [-0.05, 0) is 90.6 Å². The van der Waals surface area contributed by atoms with Crippen molar-refractivity contribution >= 4 is 73.8 Å². The number of benzene rings is 3. The van der Waals surface area contributed by atoms with E-state index in [1.54, 1.807) is 4.90 Å². The first-order valence-electron chi connectivity index (χ1n) is 16.3. The van der Waals surface area contributed by atoms with E-state index in [0.29, 0.717) is 36.6 Å². The SMILES string of the molecule is CCC(=O)c1cc2c3c(ccc2[nH]1)N(C(=O)c1cc2c4c(ccc2[nH]1)N(C)CC4)CC3.NC(=O)N1CCc2c1ccc1[nH]c(C=O)cc21. The van der Waals surface area contributed by atoms with Crippen LogP contribution < -0.4 is 20.4 Å². The van der Waals surface area contributed by atoms with Crippen LogP contribution in [0.5, 0.6) is 0 Å². The molecular weight excluding hydrogens is 606 g/mol. The normalized spacial score (nSPS) is 14.8.